The Labute approximate surface area is 122 Å². The molecule has 1 aromatic rings. The fraction of sp³-hybridized carbons (Fsp3) is 0.684. The molecule has 0 nitrogen and oxygen atoms in total. The van der Waals surface area contributed by atoms with E-state index in [4.69, 9.17) is 0 Å². The van der Waals surface area contributed by atoms with Gasteiger partial charge in [0.25, 0.3) is 0 Å². The van der Waals surface area contributed by atoms with E-state index in [-0.39, 0.29) is 5.82 Å². The molecule has 0 aromatic heterocycles. The van der Waals surface area contributed by atoms with Crippen molar-refractivity contribution in [3.63, 3.8) is 0 Å². The molecule has 0 bridgehead atoms. The average molecular weight is 274 g/mol. The first-order chi connectivity index (χ1) is 9.72. The molecule has 3 rings (SSSR count). The van der Waals surface area contributed by atoms with Crippen LogP contribution in [0.4, 0.5) is 4.39 Å². The van der Waals surface area contributed by atoms with E-state index in [2.05, 4.69) is 6.92 Å². The number of hydrogen-bond acceptors (Lipinski definition) is 0. The molecule has 2 saturated carbocycles. The summed E-state index contributed by atoms with van der Waals surface area (Å²) in [7, 11) is 0. The van der Waals surface area contributed by atoms with E-state index >= 15 is 0 Å². The largest absolute Gasteiger partial charge is 0.207 e. The number of benzene rings is 1. The van der Waals surface area contributed by atoms with Crippen LogP contribution in [0.1, 0.15) is 69.8 Å². The van der Waals surface area contributed by atoms with Gasteiger partial charge in [-0.3, -0.25) is 0 Å². The zero-order chi connectivity index (χ0) is 13.9. The molecule has 0 saturated heterocycles. The third-order valence-corrected chi connectivity index (χ3v) is 5.84. The zero-order valence-corrected chi connectivity index (χ0v) is 12.7. The van der Waals surface area contributed by atoms with E-state index < -0.39 is 0 Å². The lowest BCUT2D eigenvalue weighted by molar-refractivity contribution is 0.165. The van der Waals surface area contributed by atoms with Crippen LogP contribution in [0.3, 0.4) is 0 Å². The molecule has 1 aromatic carbocycles. The van der Waals surface area contributed by atoms with E-state index in [1.54, 1.807) is 12.1 Å². The minimum atomic E-state index is -0.112. The highest BCUT2D eigenvalue weighted by atomic mass is 19.1. The lowest BCUT2D eigenvalue weighted by Gasteiger charge is -2.37. The highest BCUT2D eigenvalue weighted by Crippen LogP contribution is 2.43. The molecule has 2 fully saturated rings. The second-order valence-electron chi connectivity index (χ2n) is 7.18. The Bertz CT molecular complexity index is 406. The Morgan fingerprint density at radius 3 is 1.80 bits per heavy atom. The van der Waals surface area contributed by atoms with E-state index in [1.165, 1.54) is 56.9 Å². The lowest BCUT2D eigenvalue weighted by Crippen LogP contribution is -2.24. The molecule has 0 radical (unpaired) electrons. The summed E-state index contributed by atoms with van der Waals surface area (Å²) in [6.45, 7) is 2.40. The molecular formula is C19H27F. The Hall–Kier alpha value is -0.850. The van der Waals surface area contributed by atoms with Crippen LogP contribution in [0.25, 0.3) is 0 Å². The summed E-state index contributed by atoms with van der Waals surface area (Å²) in [4.78, 5) is 0. The normalized spacial score (nSPS) is 34.9. The van der Waals surface area contributed by atoms with Crippen LogP contribution in [0, 0.1) is 23.6 Å². The van der Waals surface area contributed by atoms with Crippen LogP contribution in [-0.4, -0.2) is 0 Å². The lowest BCUT2D eigenvalue weighted by atomic mass is 9.68. The summed E-state index contributed by atoms with van der Waals surface area (Å²) in [6.07, 6.45) is 11.2. The minimum absolute atomic E-state index is 0.112. The summed E-state index contributed by atoms with van der Waals surface area (Å²) in [5, 5.41) is 0. The van der Waals surface area contributed by atoms with Gasteiger partial charge in [0.2, 0.25) is 0 Å². The zero-order valence-electron chi connectivity index (χ0n) is 12.7. The summed E-state index contributed by atoms with van der Waals surface area (Å²) in [6, 6.07) is 7.21. The molecule has 0 N–H and O–H groups in total. The van der Waals surface area contributed by atoms with Crippen LogP contribution >= 0.6 is 0 Å². The van der Waals surface area contributed by atoms with Crippen molar-refractivity contribution in [3.8, 4) is 0 Å². The Kier molecular flexibility index (Phi) is 4.43. The van der Waals surface area contributed by atoms with Gasteiger partial charge in [-0.05, 0) is 79.9 Å². The van der Waals surface area contributed by atoms with Crippen LogP contribution in [-0.2, 0) is 0 Å². The maximum absolute atomic E-state index is 13.0. The quantitative estimate of drug-likeness (QED) is 0.627. The molecule has 110 valence electrons. The van der Waals surface area contributed by atoms with Gasteiger partial charge >= 0.3 is 0 Å². The Morgan fingerprint density at radius 2 is 1.25 bits per heavy atom. The third-order valence-electron chi connectivity index (χ3n) is 5.84. The van der Waals surface area contributed by atoms with Crippen molar-refractivity contribution in [2.75, 3.05) is 0 Å². The van der Waals surface area contributed by atoms with Gasteiger partial charge in [-0.15, -0.1) is 0 Å². The van der Waals surface area contributed by atoms with Gasteiger partial charge in [0.1, 0.15) is 5.82 Å². The Morgan fingerprint density at radius 1 is 0.750 bits per heavy atom. The highest BCUT2D eigenvalue weighted by molar-refractivity contribution is 5.20. The predicted molar refractivity (Wildman–Crippen MR) is 82.2 cm³/mol. The maximum Gasteiger partial charge on any atom is 0.123 e. The SMILES string of the molecule is CC1CCC(C2CCC(c3ccc(F)cc3)CC2)CC1. The smallest absolute Gasteiger partial charge is 0.123 e. The van der Waals surface area contributed by atoms with Gasteiger partial charge in [0, 0.05) is 0 Å². The highest BCUT2D eigenvalue weighted by Gasteiger charge is 2.30. The van der Waals surface area contributed by atoms with E-state index in [9.17, 15) is 4.39 Å². The maximum atomic E-state index is 13.0. The van der Waals surface area contributed by atoms with Crippen molar-refractivity contribution in [2.24, 2.45) is 17.8 Å². The van der Waals surface area contributed by atoms with Crippen LogP contribution in [0.5, 0.6) is 0 Å². The average Bonchev–Trinajstić information content (AvgIpc) is 2.49. The fourth-order valence-corrected chi connectivity index (χ4v) is 4.42. The molecule has 0 spiro atoms. The molecule has 1 heteroatoms. The second-order valence-corrected chi connectivity index (χ2v) is 7.18. The molecule has 2 aliphatic rings. The van der Waals surface area contributed by atoms with Crippen molar-refractivity contribution in [2.45, 2.75) is 64.2 Å². The molecule has 2 aliphatic carbocycles. The van der Waals surface area contributed by atoms with Crippen LogP contribution in [0.2, 0.25) is 0 Å². The van der Waals surface area contributed by atoms with Gasteiger partial charge in [-0.2, -0.15) is 0 Å². The molecule has 0 heterocycles. The predicted octanol–water partition coefficient (Wildman–Crippen LogP) is 5.93. The summed E-state index contributed by atoms with van der Waals surface area (Å²) >= 11 is 0. The summed E-state index contributed by atoms with van der Waals surface area (Å²) < 4.78 is 13.0. The minimum Gasteiger partial charge on any atom is -0.207 e. The summed E-state index contributed by atoms with van der Waals surface area (Å²) in [5.74, 6) is 3.49. The van der Waals surface area contributed by atoms with Gasteiger partial charge in [-0.1, -0.05) is 31.9 Å². The monoisotopic (exact) mass is 274 g/mol. The molecule has 20 heavy (non-hydrogen) atoms. The van der Waals surface area contributed by atoms with Gasteiger partial charge in [0.05, 0.1) is 0 Å². The van der Waals surface area contributed by atoms with E-state index in [1.807, 2.05) is 12.1 Å². The Balaban J connectivity index is 1.53. The third kappa shape index (κ3) is 3.24. The van der Waals surface area contributed by atoms with Crippen molar-refractivity contribution in [1.29, 1.82) is 0 Å². The van der Waals surface area contributed by atoms with Crippen molar-refractivity contribution in [3.05, 3.63) is 35.6 Å². The van der Waals surface area contributed by atoms with Gasteiger partial charge in [-0.25, -0.2) is 4.39 Å². The topological polar surface area (TPSA) is 0 Å². The molecule has 0 unspecified atom stereocenters. The van der Waals surface area contributed by atoms with Gasteiger partial charge < -0.3 is 0 Å². The van der Waals surface area contributed by atoms with E-state index in [0.717, 1.165) is 17.8 Å². The molecule has 0 amide bonds. The van der Waals surface area contributed by atoms with Crippen molar-refractivity contribution in [1.82, 2.24) is 0 Å². The first-order valence-corrected chi connectivity index (χ1v) is 8.48. The van der Waals surface area contributed by atoms with Crippen LogP contribution < -0.4 is 0 Å². The first kappa shape index (κ1) is 14.1. The van der Waals surface area contributed by atoms with Gasteiger partial charge in [0.15, 0.2) is 0 Å². The van der Waals surface area contributed by atoms with Crippen LogP contribution in [0.15, 0.2) is 24.3 Å². The van der Waals surface area contributed by atoms with Crippen molar-refractivity contribution >= 4 is 0 Å². The number of halogens is 1. The fourth-order valence-electron chi connectivity index (χ4n) is 4.42. The molecule has 0 atom stereocenters. The summed E-state index contributed by atoms with van der Waals surface area (Å²) in [5.41, 5.74) is 1.35. The number of rotatable bonds is 2. The van der Waals surface area contributed by atoms with Crippen molar-refractivity contribution < 1.29 is 4.39 Å². The number of hydrogen-bond donors (Lipinski definition) is 0. The first-order valence-electron chi connectivity index (χ1n) is 8.48. The second kappa shape index (κ2) is 6.28. The standard InChI is InChI=1S/C19H27F/c1-14-2-4-15(5-3-14)16-6-8-17(9-7-16)18-10-12-19(20)13-11-18/h10-17H,2-9H2,1H3. The van der Waals surface area contributed by atoms with E-state index in [0.29, 0.717) is 5.92 Å². The molecule has 0 aliphatic heterocycles. The molecular weight excluding hydrogens is 247 g/mol.